The summed E-state index contributed by atoms with van der Waals surface area (Å²) < 4.78 is 7.54. The van der Waals surface area contributed by atoms with Crippen LogP contribution < -0.4 is 10.1 Å². The molecule has 1 aliphatic rings. The summed E-state index contributed by atoms with van der Waals surface area (Å²) in [5, 5.41) is 23.1. The molecule has 1 aromatic carbocycles. The first-order valence-corrected chi connectivity index (χ1v) is 10.2. The molecule has 2 heterocycles. The van der Waals surface area contributed by atoms with Gasteiger partial charge in [0.15, 0.2) is 0 Å². The highest BCUT2D eigenvalue weighted by atomic mass is 16.5. The zero-order valence-corrected chi connectivity index (χ0v) is 18.2. The lowest BCUT2D eigenvalue weighted by Crippen LogP contribution is -2.49. The molecule has 0 fully saturated rings. The zero-order valence-electron chi connectivity index (χ0n) is 18.2. The Morgan fingerprint density at radius 3 is 2.84 bits per heavy atom. The average molecular weight is 431 g/mol. The second kappa shape index (κ2) is 9.84. The normalized spacial score (nSPS) is 19.9. The summed E-state index contributed by atoms with van der Waals surface area (Å²) >= 11 is 0. The standard InChI is InChI=1S/C20H29N7O4/c1-13-8-27(14(2)11-28)20(30)16-7-15(22-19(29)10-26-12-21-23-24-26)5-6-17(16)31-18(13)9-25(3)4/h5-7,12-14,18,28H,8-11H2,1-4H3,(H,22,29)/t13-,14+,18+/m1/s1. The van der Waals surface area contributed by atoms with Crippen LogP contribution in [0.4, 0.5) is 5.69 Å². The van der Waals surface area contributed by atoms with Gasteiger partial charge >= 0.3 is 0 Å². The van der Waals surface area contributed by atoms with Crippen molar-refractivity contribution in [3.05, 3.63) is 30.1 Å². The van der Waals surface area contributed by atoms with Crippen molar-refractivity contribution in [3.63, 3.8) is 0 Å². The number of carbonyl (C=O) groups is 2. The van der Waals surface area contributed by atoms with Gasteiger partial charge in [-0.25, -0.2) is 4.68 Å². The number of aromatic nitrogens is 4. The van der Waals surface area contributed by atoms with Crippen molar-refractivity contribution in [2.75, 3.05) is 39.1 Å². The number of nitrogens with one attached hydrogen (secondary N) is 1. The van der Waals surface area contributed by atoms with Gasteiger partial charge in [-0.2, -0.15) is 0 Å². The lowest BCUT2D eigenvalue weighted by molar-refractivity contribution is -0.116. The van der Waals surface area contributed by atoms with Crippen LogP contribution in [0.15, 0.2) is 24.5 Å². The highest BCUT2D eigenvalue weighted by Crippen LogP contribution is 2.30. The smallest absolute Gasteiger partial charge is 0.258 e. The monoisotopic (exact) mass is 431 g/mol. The van der Waals surface area contributed by atoms with Crippen LogP contribution in [0.1, 0.15) is 24.2 Å². The van der Waals surface area contributed by atoms with E-state index in [1.54, 1.807) is 23.1 Å². The van der Waals surface area contributed by atoms with E-state index in [2.05, 4.69) is 20.8 Å². The molecule has 3 rings (SSSR count). The van der Waals surface area contributed by atoms with Crippen LogP contribution in [-0.2, 0) is 11.3 Å². The minimum atomic E-state index is -0.348. The number of ether oxygens (including phenoxy) is 1. The Balaban J connectivity index is 1.90. The molecule has 2 amide bonds. The number of fused-ring (bicyclic) bond motifs is 1. The number of benzene rings is 1. The fraction of sp³-hybridized carbons (Fsp3) is 0.550. The second-order valence-electron chi connectivity index (χ2n) is 8.15. The van der Waals surface area contributed by atoms with Crippen LogP contribution >= 0.6 is 0 Å². The molecule has 0 bridgehead atoms. The van der Waals surface area contributed by atoms with E-state index in [1.807, 2.05) is 32.8 Å². The van der Waals surface area contributed by atoms with Crippen molar-refractivity contribution in [1.82, 2.24) is 30.0 Å². The lowest BCUT2D eigenvalue weighted by Gasteiger charge is -2.37. The van der Waals surface area contributed by atoms with Gasteiger partial charge in [0.1, 0.15) is 24.7 Å². The van der Waals surface area contributed by atoms with Gasteiger partial charge in [0.25, 0.3) is 5.91 Å². The molecular weight excluding hydrogens is 402 g/mol. The number of rotatable bonds is 7. The third kappa shape index (κ3) is 5.56. The second-order valence-corrected chi connectivity index (χ2v) is 8.15. The molecule has 11 heteroatoms. The first-order valence-electron chi connectivity index (χ1n) is 10.2. The summed E-state index contributed by atoms with van der Waals surface area (Å²) in [5.41, 5.74) is 0.805. The van der Waals surface area contributed by atoms with Gasteiger partial charge in [0, 0.05) is 24.7 Å². The van der Waals surface area contributed by atoms with E-state index in [0.717, 1.165) is 0 Å². The quantitative estimate of drug-likeness (QED) is 0.632. The molecule has 1 aromatic heterocycles. The number of carbonyl (C=O) groups excluding carboxylic acids is 2. The number of hydrogen-bond donors (Lipinski definition) is 2. The summed E-state index contributed by atoms with van der Waals surface area (Å²) in [5.74, 6) is -0.0596. The minimum Gasteiger partial charge on any atom is -0.488 e. The Labute approximate surface area is 181 Å². The molecule has 2 N–H and O–H groups in total. The molecule has 0 aliphatic carbocycles. The van der Waals surface area contributed by atoms with Gasteiger partial charge in [-0.05, 0) is 49.6 Å². The van der Waals surface area contributed by atoms with Crippen LogP contribution in [-0.4, -0.2) is 92.9 Å². The van der Waals surface area contributed by atoms with Crippen molar-refractivity contribution in [2.24, 2.45) is 5.92 Å². The molecule has 0 radical (unpaired) electrons. The van der Waals surface area contributed by atoms with Crippen LogP contribution in [0.25, 0.3) is 0 Å². The molecule has 0 saturated heterocycles. The Bertz CT molecular complexity index is 903. The zero-order chi connectivity index (χ0) is 22.5. The van der Waals surface area contributed by atoms with Gasteiger partial charge in [0.2, 0.25) is 5.91 Å². The third-order valence-corrected chi connectivity index (χ3v) is 5.19. The van der Waals surface area contributed by atoms with Crippen molar-refractivity contribution >= 4 is 17.5 Å². The summed E-state index contributed by atoms with van der Waals surface area (Å²) in [6, 6.07) is 4.65. The van der Waals surface area contributed by atoms with Crippen molar-refractivity contribution in [2.45, 2.75) is 32.5 Å². The van der Waals surface area contributed by atoms with E-state index in [1.165, 1.54) is 11.0 Å². The number of aliphatic hydroxyl groups is 1. The summed E-state index contributed by atoms with van der Waals surface area (Å²) in [4.78, 5) is 29.3. The maximum atomic E-state index is 13.3. The topological polar surface area (TPSA) is 126 Å². The van der Waals surface area contributed by atoms with Crippen molar-refractivity contribution < 1.29 is 19.4 Å². The van der Waals surface area contributed by atoms with Crippen LogP contribution in [0, 0.1) is 5.92 Å². The molecule has 3 atom stereocenters. The molecule has 1 aliphatic heterocycles. The van der Waals surface area contributed by atoms with Crippen molar-refractivity contribution in [3.8, 4) is 5.75 Å². The maximum absolute atomic E-state index is 13.3. The van der Waals surface area contributed by atoms with E-state index >= 15 is 0 Å². The molecule has 0 spiro atoms. The Kier molecular flexibility index (Phi) is 7.18. The predicted octanol–water partition coefficient (Wildman–Crippen LogP) is 0.0935. The molecular formula is C20H29N7O4. The molecule has 2 aromatic rings. The van der Waals surface area contributed by atoms with E-state index in [-0.39, 0.29) is 43.0 Å². The number of hydrogen-bond acceptors (Lipinski definition) is 8. The lowest BCUT2D eigenvalue weighted by atomic mass is 9.99. The summed E-state index contributed by atoms with van der Waals surface area (Å²) in [7, 11) is 3.94. The Morgan fingerprint density at radius 2 is 2.19 bits per heavy atom. The van der Waals surface area contributed by atoms with E-state index in [9.17, 15) is 14.7 Å². The average Bonchev–Trinajstić information content (AvgIpc) is 3.23. The number of anilines is 1. The van der Waals surface area contributed by atoms with Crippen LogP contribution in [0.2, 0.25) is 0 Å². The fourth-order valence-corrected chi connectivity index (χ4v) is 3.48. The van der Waals surface area contributed by atoms with Gasteiger partial charge in [-0.15, -0.1) is 5.10 Å². The van der Waals surface area contributed by atoms with Crippen LogP contribution in [0.3, 0.4) is 0 Å². The Morgan fingerprint density at radius 1 is 1.42 bits per heavy atom. The highest BCUT2D eigenvalue weighted by molar-refractivity contribution is 5.99. The highest BCUT2D eigenvalue weighted by Gasteiger charge is 2.33. The van der Waals surface area contributed by atoms with Gasteiger partial charge in [-0.3, -0.25) is 9.59 Å². The fourth-order valence-electron chi connectivity index (χ4n) is 3.48. The number of likely N-dealkylation sites (N-methyl/N-ethyl adjacent to an activating group) is 1. The van der Waals surface area contributed by atoms with E-state index in [0.29, 0.717) is 30.1 Å². The largest absolute Gasteiger partial charge is 0.488 e. The molecule has 31 heavy (non-hydrogen) atoms. The first kappa shape index (κ1) is 22.6. The summed E-state index contributed by atoms with van der Waals surface area (Å²) in [6.07, 6.45) is 1.20. The van der Waals surface area contributed by atoms with Crippen molar-refractivity contribution in [1.29, 1.82) is 0 Å². The first-order chi connectivity index (χ1) is 14.8. The minimum absolute atomic E-state index is 0.0510. The SMILES string of the molecule is C[C@@H]1CN([C@@H](C)CO)C(=O)c2cc(NC(=O)Cn3cnnn3)ccc2O[C@H]1CN(C)C. The molecule has 168 valence electrons. The van der Waals surface area contributed by atoms with Gasteiger partial charge in [-0.1, -0.05) is 6.92 Å². The van der Waals surface area contributed by atoms with Gasteiger partial charge < -0.3 is 25.0 Å². The Hall–Kier alpha value is -3.05. The molecule has 0 saturated carbocycles. The van der Waals surface area contributed by atoms with E-state index in [4.69, 9.17) is 4.74 Å². The number of tetrazole rings is 1. The maximum Gasteiger partial charge on any atom is 0.258 e. The number of amides is 2. The van der Waals surface area contributed by atoms with Crippen LogP contribution in [0.5, 0.6) is 5.75 Å². The predicted molar refractivity (Wildman–Crippen MR) is 113 cm³/mol. The van der Waals surface area contributed by atoms with Gasteiger partial charge in [0.05, 0.1) is 18.2 Å². The number of aliphatic hydroxyl groups excluding tert-OH is 1. The number of nitrogens with zero attached hydrogens (tertiary/aromatic N) is 6. The van der Waals surface area contributed by atoms with E-state index < -0.39 is 0 Å². The molecule has 11 nitrogen and oxygen atoms in total. The summed E-state index contributed by atoms with van der Waals surface area (Å²) in [6.45, 7) is 4.79. The molecule has 0 unspecified atom stereocenters. The third-order valence-electron chi connectivity index (χ3n) is 5.19.